The Morgan fingerprint density at radius 1 is 1.47 bits per heavy atom. The van der Waals surface area contributed by atoms with Gasteiger partial charge in [0.1, 0.15) is 5.69 Å². The van der Waals surface area contributed by atoms with E-state index in [4.69, 9.17) is 0 Å². The maximum atomic E-state index is 11.0. The van der Waals surface area contributed by atoms with E-state index >= 15 is 0 Å². The lowest BCUT2D eigenvalue weighted by molar-refractivity contribution is -0.384. The number of benzene rings is 1. The fourth-order valence-electron chi connectivity index (χ4n) is 1.82. The number of hydrogen-bond donors (Lipinski definition) is 1. The first-order chi connectivity index (χ1) is 9.06. The molecule has 1 atom stereocenters. The Morgan fingerprint density at radius 2 is 2.26 bits per heavy atom. The average molecular weight is 388 g/mol. The van der Waals surface area contributed by atoms with Crippen LogP contribution in [-0.4, -0.2) is 11.0 Å². The zero-order valence-corrected chi connectivity index (χ0v) is 13.3. The number of rotatable bonds is 5. The lowest BCUT2D eigenvalue weighted by atomic mass is 10.2. The molecule has 4 nitrogen and oxygen atoms in total. The lowest BCUT2D eigenvalue weighted by Crippen LogP contribution is -2.18. The monoisotopic (exact) mass is 388 g/mol. The molecule has 2 aromatic rings. The zero-order valence-electron chi connectivity index (χ0n) is 10.3. The Hall–Kier alpha value is -1.15. The van der Waals surface area contributed by atoms with Gasteiger partial charge in [-0.1, -0.05) is 6.07 Å². The number of nitro groups is 1. The number of halogens is 1. The summed E-state index contributed by atoms with van der Waals surface area (Å²) in [5.74, 6) is 0. The Bertz CT molecular complexity index is 572. The highest BCUT2D eigenvalue weighted by atomic mass is 127. The van der Waals surface area contributed by atoms with Crippen LogP contribution in [-0.2, 0) is 6.42 Å². The van der Waals surface area contributed by atoms with Gasteiger partial charge in [-0.15, -0.1) is 11.3 Å². The van der Waals surface area contributed by atoms with Gasteiger partial charge in [0.05, 0.1) is 4.92 Å². The summed E-state index contributed by atoms with van der Waals surface area (Å²) in [6.07, 6.45) is 0.862. The Balaban J connectivity index is 2.12. The second-order valence-corrected chi connectivity index (χ2v) is 6.53. The van der Waals surface area contributed by atoms with Crippen molar-refractivity contribution < 1.29 is 4.92 Å². The first-order valence-corrected chi connectivity index (χ1v) is 7.75. The minimum absolute atomic E-state index is 0.130. The van der Waals surface area contributed by atoms with Gasteiger partial charge in [-0.05, 0) is 53.1 Å². The van der Waals surface area contributed by atoms with Gasteiger partial charge in [-0.3, -0.25) is 10.1 Å². The number of nitro benzene ring substituents is 1. The van der Waals surface area contributed by atoms with Gasteiger partial charge in [-0.25, -0.2) is 0 Å². The fraction of sp³-hybridized carbons (Fsp3) is 0.231. The average Bonchev–Trinajstić information content (AvgIpc) is 2.83. The van der Waals surface area contributed by atoms with Gasteiger partial charge in [0, 0.05) is 27.0 Å². The lowest BCUT2D eigenvalue weighted by Gasteiger charge is -2.14. The molecule has 0 bridgehead atoms. The maximum Gasteiger partial charge on any atom is 0.293 e. The van der Waals surface area contributed by atoms with Crippen molar-refractivity contribution in [3.63, 3.8) is 0 Å². The van der Waals surface area contributed by atoms with Crippen LogP contribution in [0.5, 0.6) is 0 Å². The molecule has 0 saturated heterocycles. The number of nitrogens with zero attached hydrogens (tertiary/aromatic N) is 1. The van der Waals surface area contributed by atoms with E-state index in [1.165, 1.54) is 4.88 Å². The molecule has 6 heteroatoms. The third-order valence-electron chi connectivity index (χ3n) is 2.65. The van der Waals surface area contributed by atoms with Crippen LogP contribution < -0.4 is 5.32 Å². The summed E-state index contributed by atoms with van der Waals surface area (Å²) < 4.78 is 0.862. The summed E-state index contributed by atoms with van der Waals surface area (Å²) in [4.78, 5) is 12.0. The number of nitrogens with one attached hydrogen (secondary N) is 1. The second-order valence-electron chi connectivity index (χ2n) is 4.25. The molecule has 1 unspecified atom stereocenters. The van der Waals surface area contributed by atoms with E-state index in [9.17, 15) is 10.1 Å². The highest BCUT2D eigenvalue weighted by Crippen LogP contribution is 2.27. The molecular formula is C13H13IN2O2S. The van der Waals surface area contributed by atoms with Crippen molar-refractivity contribution in [2.45, 2.75) is 19.4 Å². The van der Waals surface area contributed by atoms with Gasteiger partial charge in [0.25, 0.3) is 5.69 Å². The van der Waals surface area contributed by atoms with Crippen LogP contribution in [0.2, 0.25) is 0 Å². The molecule has 1 N–H and O–H groups in total. The zero-order chi connectivity index (χ0) is 13.8. The number of thiophene rings is 1. The van der Waals surface area contributed by atoms with Gasteiger partial charge in [0.2, 0.25) is 0 Å². The van der Waals surface area contributed by atoms with Gasteiger partial charge < -0.3 is 5.32 Å². The molecule has 0 amide bonds. The quantitative estimate of drug-likeness (QED) is 0.472. The summed E-state index contributed by atoms with van der Waals surface area (Å²) in [5, 5.41) is 16.3. The Kier molecular flexibility index (Phi) is 4.76. The molecule has 0 fully saturated rings. The topological polar surface area (TPSA) is 55.2 Å². The van der Waals surface area contributed by atoms with E-state index in [0.29, 0.717) is 5.69 Å². The van der Waals surface area contributed by atoms with Crippen LogP contribution in [0.3, 0.4) is 0 Å². The van der Waals surface area contributed by atoms with Crippen molar-refractivity contribution in [3.8, 4) is 0 Å². The normalized spacial score (nSPS) is 12.1. The molecule has 100 valence electrons. The largest absolute Gasteiger partial charge is 0.377 e. The van der Waals surface area contributed by atoms with Crippen molar-refractivity contribution in [1.82, 2.24) is 0 Å². The van der Waals surface area contributed by atoms with E-state index in [1.807, 2.05) is 24.4 Å². The van der Waals surface area contributed by atoms with Crippen LogP contribution in [0.4, 0.5) is 11.4 Å². The summed E-state index contributed by atoms with van der Waals surface area (Å²) in [5.41, 5.74) is 0.708. The minimum Gasteiger partial charge on any atom is -0.377 e. The Morgan fingerprint density at radius 3 is 2.89 bits per heavy atom. The third-order valence-corrected chi connectivity index (χ3v) is 4.22. The highest BCUT2D eigenvalue weighted by Gasteiger charge is 2.16. The van der Waals surface area contributed by atoms with E-state index < -0.39 is 0 Å². The second kappa shape index (κ2) is 6.33. The van der Waals surface area contributed by atoms with Crippen LogP contribution in [0.1, 0.15) is 11.8 Å². The smallest absolute Gasteiger partial charge is 0.293 e. The molecule has 0 saturated carbocycles. The SMILES string of the molecule is CC(Cc1cccs1)Nc1ccc(I)cc1[N+](=O)[O-]. The molecule has 0 radical (unpaired) electrons. The van der Waals surface area contributed by atoms with Crippen LogP contribution in [0.15, 0.2) is 35.7 Å². The van der Waals surface area contributed by atoms with Crippen molar-refractivity contribution in [1.29, 1.82) is 0 Å². The first-order valence-electron chi connectivity index (χ1n) is 5.79. The molecule has 0 spiro atoms. The molecule has 0 aliphatic carbocycles. The predicted molar refractivity (Wildman–Crippen MR) is 86.9 cm³/mol. The number of anilines is 1. The van der Waals surface area contributed by atoms with Crippen molar-refractivity contribution in [2.75, 3.05) is 5.32 Å². The highest BCUT2D eigenvalue weighted by molar-refractivity contribution is 14.1. The molecule has 2 rings (SSSR count). The molecule has 1 aromatic heterocycles. The molecule has 19 heavy (non-hydrogen) atoms. The van der Waals surface area contributed by atoms with Crippen LogP contribution in [0.25, 0.3) is 0 Å². The summed E-state index contributed by atoms with van der Waals surface area (Å²) in [6, 6.07) is 9.46. The standard InChI is InChI=1S/C13H13IN2O2S/c1-9(7-11-3-2-6-19-11)15-12-5-4-10(14)8-13(12)16(17)18/h2-6,8-9,15H,7H2,1H3. The van der Waals surface area contributed by atoms with Gasteiger partial charge >= 0.3 is 0 Å². The first kappa shape index (κ1) is 14.3. The summed E-state index contributed by atoms with van der Waals surface area (Å²) in [6.45, 7) is 2.03. The molecule has 1 heterocycles. The van der Waals surface area contributed by atoms with E-state index in [1.54, 1.807) is 23.5 Å². The minimum atomic E-state index is -0.345. The van der Waals surface area contributed by atoms with E-state index in [2.05, 4.69) is 34.0 Å². The van der Waals surface area contributed by atoms with Crippen molar-refractivity contribution >= 4 is 45.3 Å². The summed E-state index contributed by atoms with van der Waals surface area (Å²) in [7, 11) is 0. The Labute approximate surface area is 129 Å². The summed E-state index contributed by atoms with van der Waals surface area (Å²) >= 11 is 3.78. The van der Waals surface area contributed by atoms with Crippen LogP contribution >= 0.6 is 33.9 Å². The van der Waals surface area contributed by atoms with E-state index in [0.717, 1.165) is 9.99 Å². The number of hydrogen-bond acceptors (Lipinski definition) is 4. The molecular weight excluding hydrogens is 375 g/mol. The van der Waals surface area contributed by atoms with Gasteiger partial charge in [0.15, 0.2) is 0 Å². The molecule has 1 aromatic carbocycles. The van der Waals surface area contributed by atoms with Crippen molar-refractivity contribution in [2.24, 2.45) is 0 Å². The van der Waals surface area contributed by atoms with E-state index in [-0.39, 0.29) is 16.7 Å². The molecule has 0 aliphatic heterocycles. The van der Waals surface area contributed by atoms with Gasteiger partial charge in [-0.2, -0.15) is 0 Å². The predicted octanol–water partition coefficient (Wildman–Crippen LogP) is 4.30. The van der Waals surface area contributed by atoms with Crippen molar-refractivity contribution in [3.05, 3.63) is 54.3 Å². The maximum absolute atomic E-state index is 11.0. The third kappa shape index (κ3) is 3.90. The van der Waals surface area contributed by atoms with Crippen LogP contribution in [0, 0.1) is 13.7 Å². The fourth-order valence-corrected chi connectivity index (χ4v) is 3.13. The molecule has 0 aliphatic rings.